The summed E-state index contributed by atoms with van der Waals surface area (Å²) in [6.07, 6.45) is 2.76. The Bertz CT molecular complexity index is 478. The van der Waals surface area contributed by atoms with Gasteiger partial charge in [0.2, 0.25) is 5.91 Å². The maximum absolute atomic E-state index is 11.9. The standard InChI is InChI=1S/C13H19N3O5/c1-16-10(17)6-9(11(16)18)15-13(21)14-8-5-3-2-4-7(8)12(19)20/h7-9H,2-6H2,1H3,(H,19,20)(H2,14,15,21). The van der Waals surface area contributed by atoms with E-state index in [4.69, 9.17) is 5.11 Å². The highest BCUT2D eigenvalue weighted by atomic mass is 16.4. The molecule has 3 N–H and O–H groups in total. The summed E-state index contributed by atoms with van der Waals surface area (Å²) in [5, 5.41) is 14.2. The predicted molar refractivity (Wildman–Crippen MR) is 71.2 cm³/mol. The monoisotopic (exact) mass is 297 g/mol. The van der Waals surface area contributed by atoms with Crippen LogP contribution in [-0.2, 0) is 14.4 Å². The first-order chi connectivity index (χ1) is 9.90. The molecule has 8 nitrogen and oxygen atoms in total. The van der Waals surface area contributed by atoms with Crippen LogP contribution in [0.25, 0.3) is 0 Å². The lowest BCUT2D eigenvalue weighted by atomic mass is 9.84. The molecule has 0 spiro atoms. The normalized spacial score (nSPS) is 29.4. The summed E-state index contributed by atoms with van der Waals surface area (Å²) in [5.41, 5.74) is 0. The van der Waals surface area contributed by atoms with Crippen molar-refractivity contribution in [2.75, 3.05) is 7.05 Å². The zero-order chi connectivity index (χ0) is 15.6. The van der Waals surface area contributed by atoms with E-state index in [1.54, 1.807) is 0 Å². The number of carboxylic acids is 1. The van der Waals surface area contributed by atoms with Crippen LogP contribution in [-0.4, -0.2) is 53.0 Å². The number of amides is 4. The number of nitrogens with one attached hydrogen (secondary N) is 2. The molecule has 1 aliphatic carbocycles. The van der Waals surface area contributed by atoms with Crippen molar-refractivity contribution in [1.82, 2.24) is 15.5 Å². The predicted octanol–water partition coefficient (Wildman–Crippen LogP) is -0.314. The molecule has 2 fully saturated rings. The van der Waals surface area contributed by atoms with Gasteiger partial charge >= 0.3 is 12.0 Å². The van der Waals surface area contributed by atoms with Crippen molar-refractivity contribution < 1.29 is 24.3 Å². The maximum Gasteiger partial charge on any atom is 0.315 e. The van der Waals surface area contributed by atoms with E-state index < -0.39 is 35.9 Å². The molecule has 2 rings (SSSR count). The molecule has 1 saturated carbocycles. The SMILES string of the molecule is CN1C(=O)CC(NC(=O)NC2CCCCC2C(=O)O)C1=O. The highest BCUT2D eigenvalue weighted by Gasteiger charge is 2.38. The molecule has 0 radical (unpaired) electrons. The van der Waals surface area contributed by atoms with Crippen molar-refractivity contribution in [2.24, 2.45) is 5.92 Å². The van der Waals surface area contributed by atoms with Gasteiger partial charge in [-0.05, 0) is 12.8 Å². The fraction of sp³-hybridized carbons (Fsp3) is 0.692. The minimum absolute atomic E-state index is 0.0597. The number of likely N-dealkylation sites (N-methyl/N-ethyl adjacent to an activating group) is 1. The molecule has 4 amide bonds. The molecule has 21 heavy (non-hydrogen) atoms. The van der Waals surface area contributed by atoms with Gasteiger partial charge in [0.25, 0.3) is 5.91 Å². The Hall–Kier alpha value is -2.12. The Morgan fingerprint density at radius 3 is 2.43 bits per heavy atom. The average molecular weight is 297 g/mol. The van der Waals surface area contributed by atoms with Gasteiger partial charge in [0.15, 0.2) is 0 Å². The van der Waals surface area contributed by atoms with Crippen LogP contribution < -0.4 is 10.6 Å². The minimum atomic E-state index is -0.924. The van der Waals surface area contributed by atoms with E-state index in [2.05, 4.69) is 10.6 Å². The van der Waals surface area contributed by atoms with Crippen molar-refractivity contribution in [1.29, 1.82) is 0 Å². The lowest BCUT2D eigenvalue weighted by Gasteiger charge is -2.29. The molecule has 0 aromatic heterocycles. The molecule has 1 heterocycles. The van der Waals surface area contributed by atoms with Gasteiger partial charge in [0.05, 0.1) is 12.3 Å². The topological polar surface area (TPSA) is 116 Å². The van der Waals surface area contributed by atoms with Crippen LogP contribution in [0.3, 0.4) is 0 Å². The number of carboxylic acid groups (broad SMARTS) is 1. The highest BCUT2D eigenvalue weighted by Crippen LogP contribution is 2.24. The third-order valence-corrected chi connectivity index (χ3v) is 4.09. The highest BCUT2D eigenvalue weighted by molar-refractivity contribution is 6.06. The molecule has 0 aromatic carbocycles. The van der Waals surface area contributed by atoms with Crippen LogP contribution >= 0.6 is 0 Å². The van der Waals surface area contributed by atoms with E-state index in [-0.39, 0.29) is 12.3 Å². The minimum Gasteiger partial charge on any atom is -0.481 e. The number of hydrogen-bond donors (Lipinski definition) is 3. The Labute approximate surface area is 121 Å². The first-order valence-electron chi connectivity index (χ1n) is 7.00. The number of urea groups is 1. The number of rotatable bonds is 3. The van der Waals surface area contributed by atoms with E-state index in [1.807, 2.05) is 0 Å². The smallest absolute Gasteiger partial charge is 0.315 e. The summed E-state index contributed by atoms with van der Waals surface area (Å²) >= 11 is 0. The third kappa shape index (κ3) is 3.32. The third-order valence-electron chi connectivity index (χ3n) is 4.09. The van der Waals surface area contributed by atoms with Crippen LogP contribution in [0.4, 0.5) is 4.79 Å². The van der Waals surface area contributed by atoms with Gasteiger partial charge in [-0.15, -0.1) is 0 Å². The number of carbonyl (C=O) groups is 4. The molecule has 116 valence electrons. The van der Waals surface area contributed by atoms with Gasteiger partial charge in [-0.1, -0.05) is 12.8 Å². The van der Waals surface area contributed by atoms with E-state index >= 15 is 0 Å². The Kier molecular flexibility index (Phi) is 4.44. The summed E-state index contributed by atoms with van der Waals surface area (Å²) < 4.78 is 0. The zero-order valence-corrected chi connectivity index (χ0v) is 11.8. The van der Waals surface area contributed by atoms with Crippen molar-refractivity contribution in [3.05, 3.63) is 0 Å². The molecule has 8 heteroatoms. The molecule has 1 aliphatic heterocycles. The summed E-state index contributed by atoms with van der Waals surface area (Å²) in [6, 6.07) is -1.91. The summed E-state index contributed by atoms with van der Waals surface area (Å²) in [6.45, 7) is 0. The van der Waals surface area contributed by atoms with Crippen molar-refractivity contribution >= 4 is 23.8 Å². The van der Waals surface area contributed by atoms with E-state index in [9.17, 15) is 19.2 Å². The fourth-order valence-electron chi connectivity index (χ4n) is 2.84. The fourth-order valence-corrected chi connectivity index (χ4v) is 2.84. The maximum atomic E-state index is 11.9. The van der Waals surface area contributed by atoms with E-state index in [0.29, 0.717) is 12.8 Å². The van der Waals surface area contributed by atoms with Crippen LogP contribution in [0.5, 0.6) is 0 Å². The summed E-state index contributed by atoms with van der Waals surface area (Å²) in [7, 11) is 1.37. The largest absolute Gasteiger partial charge is 0.481 e. The molecule has 0 bridgehead atoms. The van der Waals surface area contributed by atoms with Gasteiger partial charge in [-0.2, -0.15) is 0 Å². The Balaban J connectivity index is 1.91. The second-order valence-electron chi connectivity index (χ2n) is 5.50. The first kappa shape index (κ1) is 15.3. The summed E-state index contributed by atoms with van der Waals surface area (Å²) in [5.74, 6) is -2.32. The van der Waals surface area contributed by atoms with Gasteiger partial charge in [-0.25, -0.2) is 4.79 Å². The number of nitrogens with zero attached hydrogens (tertiary/aromatic N) is 1. The quantitative estimate of drug-likeness (QED) is 0.618. The molecule has 2 aliphatic rings. The Morgan fingerprint density at radius 2 is 1.86 bits per heavy atom. The molecule has 1 saturated heterocycles. The van der Waals surface area contributed by atoms with Crippen LogP contribution in [0.2, 0.25) is 0 Å². The first-order valence-corrected chi connectivity index (χ1v) is 7.00. The number of hydrogen-bond acceptors (Lipinski definition) is 4. The number of likely N-dealkylation sites (tertiary alicyclic amines) is 1. The van der Waals surface area contributed by atoms with Gasteiger partial charge in [-0.3, -0.25) is 19.3 Å². The Morgan fingerprint density at radius 1 is 1.19 bits per heavy atom. The van der Waals surface area contributed by atoms with Crippen molar-refractivity contribution in [3.63, 3.8) is 0 Å². The number of imide groups is 1. The molecule has 3 unspecified atom stereocenters. The van der Waals surface area contributed by atoms with E-state index in [0.717, 1.165) is 17.7 Å². The molecule has 0 aromatic rings. The van der Waals surface area contributed by atoms with Crippen LogP contribution in [0, 0.1) is 5.92 Å². The summed E-state index contributed by atoms with van der Waals surface area (Å²) in [4.78, 5) is 47.1. The molecular weight excluding hydrogens is 278 g/mol. The average Bonchev–Trinajstić information content (AvgIpc) is 2.66. The lowest BCUT2D eigenvalue weighted by molar-refractivity contribution is -0.143. The van der Waals surface area contributed by atoms with Crippen molar-refractivity contribution in [3.8, 4) is 0 Å². The van der Waals surface area contributed by atoms with Gasteiger partial charge in [0, 0.05) is 13.1 Å². The number of carbonyl (C=O) groups excluding carboxylic acids is 3. The van der Waals surface area contributed by atoms with E-state index in [1.165, 1.54) is 7.05 Å². The van der Waals surface area contributed by atoms with Crippen molar-refractivity contribution in [2.45, 2.75) is 44.2 Å². The lowest BCUT2D eigenvalue weighted by Crippen LogP contribution is -2.52. The van der Waals surface area contributed by atoms with Crippen LogP contribution in [0.15, 0.2) is 0 Å². The second-order valence-corrected chi connectivity index (χ2v) is 5.50. The van der Waals surface area contributed by atoms with Crippen LogP contribution in [0.1, 0.15) is 32.1 Å². The van der Waals surface area contributed by atoms with Gasteiger partial charge < -0.3 is 15.7 Å². The molecular formula is C13H19N3O5. The molecule has 3 atom stereocenters. The zero-order valence-electron chi connectivity index (χ0n) is 11.8. The number of aliphatic carboxylic acids is 1. The van der Waals surface area contributed by atoms with Gasteiger partial charge in [0.1, 0.15) is 6.04 Å². The second kappa shape index (κ2) is 6.11.